The van der Waals surface area contributed by atoms with Gasteiger partial charge in [-0.2, -0.15) is 0 Å². The van der Waals surface area contributed by atoms with Crippen molar-refractivity contribution >= 4 is 29.7 Å². The molecule has 0 aromatic heterocycles. The largest absolute Gasteiger partial charge is 0.480 e. The Bertz CT molecular complexity index is 957. The van der Waals surface area contributed by atoms with Crippen LogP contribution in [0.3, 0.4) is 0 Å². The monoisotopic (exact) mass is 519 g/mol. The van der Waals surface area contributed by atoms with E-state index in [0.717, 1.165) is 32.1 Å². The standard InChI is InChI=1S/C26H37N3O8/c1-16(2)13-21(25(33)34)27-23(31)20(14-17-7-5-4-6-8-17)15-22(30)29(36)28-24(32)18-9-11-19(12-10-18)26(35)37-3/h9-12,16-17,20-21,36H,4-8,13-15H2,1-3H3,(H,27,31)(H,28,32)(H,33,34)/t20?,21-/m0/s1. The minimum atomic E-state index is -1.15. The average Bonchev–Trinajstić information content (AvgIpc) is 2.87. The van der Waals surface area contributed by atoms with Gasteiger partial charge in [-0.1, -0.05) is 46.0 Å². The molecule has 1 fully saturated rings. The third kappa shape index (κ3) is 9.49. The second kappa shape index (κ2) is 14.3. The summed E-state index contributed by atoms with van der Waals surface area (Å²) in [6.45, 7) is 3.70. The number of hydrogen-bond acceptors (Lipinski definition) is 7. The van der Waals surface area contributed by atoms with Crippen molar-refractivity contribution in [3.05, 3.63) is 35.4 Å². The summed E-state index contributed by atoms with van der Waals surface area (Å²) in [5.41, 5.74) is 2.35. The third-order valence-electron chi connectivity index (χ3n) is 6.47. The van der Waals surface area contributed by atoms with E-state index in [0.29, 0.717) is 6.42 Å². The number of esters is 1. The molecule has 2 rings (SSSR count). The molecule has 4 N–H and O–H groups in total. The number of ether oxygens (including phenoxy) is 1. The summed E-state index contributed by atoms with van der Waals surface area (Å²) >= 11 is 0. The van der Waals surface area contributed by atoms with E-state index in [1.807, 2.05) is 13.8 Å². The Morgan fingerprint density at radius 1 is 1.03 bits per heavy atom. The van der Waals surface area contributed by atoms with Crippen LogP contribution in [0.25, 0.3) is 0 Å². The first kappa shape index (κ1) is 29.8. The lowest BCUT2D eigenvalue weighted by Crippen LogP contribution is -2.48. The summed E-state index contributed by atoms with van der Waals surface area (Å²) < 4.78 is 4.60. The molecule has 1 aliphatic carbocycles. The Balaban J connectivity index is 2.07. The van der Waals surface area contributed by atoms with E-state index in [1.165, 1.54) is 31.4 Å². The number of hydroxylamine groups is 1. The molecule has 0 radical (unpaired) electrons. The van der Waals surface area contributed by atoms with Gasteiger partial charge < -0.3 is 15.2 Å². The molecule has 1 aromatic rings. The van der Waals surface area contributed by atoms with Crippen LogP contribution in [-0.4, -0.2) is 58.3 Å². The summed E-state index contributed by atoms with van der Waals surface area (Å²) in [7, 11) is 1.23. The van der Waals surface area contributed by atoms with E-state index < -0.39 is 48.0 Å². The van der Waals surface area contributed by atoms with Crippen LogP contribution in [0.15, 0.2) is 24.3 Å². The fourth-order valence-corrected chi connectivity index (χ4v) is 4.49. The van der Waals surface area contributed by atoms with E-state index in [2.05, 4.69) is 15.5 Å². The molecule has 1 unspecified atom stereocenters. The van der Waals surface area contributed by atoms with Gasteiger partial charge in [0.2, 0.25) is 5.91 Å². The molecule has 1 saturated carbocycles. The Labute approximate surface area is 216 Å². The summed E-state index contributed by atoms with van der Waals surface area (Å²) in [5.74, 6) is -4.63. The van der Waals surface area contributed by atoms with Crippen molar-refractivity contribution in [1.29, 1.82) is 0 Å². The molecule has 2 atom stereocenters. The van der Waals surface area contributed by atoms with Crippen LogP contribution in [0.4, 0.5) is 0 Å². The number of aliphatic carboxylic acids is 1. The predicted octanol–water partition coefficient (Wildman–Crippen LogP) is 2.93. The number of amides is 3. The highest BCUT2D eigenvalue weighted by atomic mass is 16.6. The molecule has 11 heteroatoms. The van der Waals surface area contributed by atoms with E-state index >= 15 is 0 Å². The number of carboxylic acid groups (broad SMARTS) is 1. The maximum absolute atomic E-state index is 13.1. The van der Waals surface area contributed by atoms with Crippen LogP contribution in [0.2, 0.25) is 0 Å². The van der Waals surface area contributed by atoms with Crippen molar-refractivity contribution in [2.45, 2.75) is 71.3 Å². The zero-order valence-electron chi connectivity index (χ0n) is 21.6. The normalized spacial score (nSPS) is 15.4. The quantitative estimate of drug-likeness (QED) is 0.197. The van der Waals surface area contributed by atoms with Crippen molar-refractivity contribution in [1.82, 2.24) is 15.9 Å². The Kier molecular flexibility index (Phi) is 11.5. The Morgan fingerprint density at radius 2 is 1.62 bits per heavy atom. The number of methoxy groups -OCH3 is 1. The average molecular weight is 520 g/mol. The van der Waals surface area contributed by atoms with Crippen molar-refractivity contribution < 1.29 is 39.0 Å². The summed E-state index contributed by atoms with van der Waals surface area (Å²) in [6, 6.07) is 4.31. The highest BCUT2D eigenvalue weighted by molar-refractivity contribution is 5.97. The molecule has 11 nitrogen and oxygen atoms in total. The fourth-order valence-electron chi connectivity index (χ4n) is 4.49. The number of benzene rings is 1. The van der Waals surface area contributed by atoms with Gasteiger partial charge in [-0.15, -0.1) is 5.17 Å². The van der Waals surface area contributed by atoms with Crippen molar-refractivity contribution in [3.63, 3.8) is 0 Å². The highest BCUT2D eigenvalue weighted by Gasteiger charge is 2.31. The van der Waals surface area contributed by atoms with Gasteiger partial charge in [-0.3, -0.25) is 19.6 Å². The second-order valence-corrected chi connectivity index (χ2v) is 9.89. The Hall–Kier alpha value is -3.47. The third-order valence-corrected chi connectivity index (χ3v) is 6.47. The number of hydrazine groups is 1. The van der Waals surface area contributed by atoms with E-state index in [9.17, 15) is 34.3 Å². The molecular formula is C26H37N3O8. The fraction of sp³-hybridized carbons (Fsp3) is 0.577. The molecule has 204 valence electrons. The first-order valence-corrected chi connectivity index (χ1v) is 12.6. The van der Waals surface area contributed by atoms with Crippen LogP contribution >= 0.6 is 0 Å². The lowest BCUT2D eigenvalue weighted by molar-refractivity contribution is -0.177. The van der Waals surface area contributed by atoms with Gasteiger partial charge in [0.05, 0.1) is 12.7 Å². The number of nitrogens with one attached hydrogen (secondary N) is 2. The smallest absolute Gasteiger partial charge is 0.337 e. The molecule has 3 amide bonds. The maximum Gasteiger partial charge on any atom is 0.337 e. The van der Waals surface area contributed by atoms with E-state index in [-0.39, 0.29) is 34.6 Å². The first-order valence-electron chi connectivity index (χ1n) is 12.6. The minimum Gasteiger partial charge on any atom is -0.480 e. The van der Waals surface area contributed by atoms with Crippen LogP contribution in [0.1, 0.15) is 85.9 Å². The second-order valence-electron chi connectivity index (χ2n) is 9.89. The molecule has 0 spiro atoms. The van der Waals surface area contributed by atoms with Gasteiger partial charge >= 0.3 is 11.9 Å². The van der Waals surface area contributed by atoms with Crippen molar-refractivity contribution in [2.24, 2.45) is 17.8 Å². The zero-order chi connectivity index (χ0) is 27.5. The molecule has 0 bridgehead atoms. The van der Waals surface area contributed by atoms with Gasteiger partial charge in [-0.05, 0) is 48.9 Å². The summed E-state index contributed by atoms with van der Waals surface area (Å²) in [6.07, 6.45) is 5.18. The lowest BCUT2D eigenvalue weighted by atomic mass is 9.81. The van der Waals surface area contributed by atoms with Crippen molar-refractivity contribution in [3.8, 4) is 0 Å². The van der Waals surface area contributed by atoms with E-state index in [4.69, 9.17) is 0 Å². The van der Waals surface area contributed by atoms with Crippen LogP contribution in [0.5, 0.6) is 0 Å². The molecule has 37 heavy (non-hydrogen) atoms. The van der Waals surface area contributed by atoms with Crippen LogP contribution < -0.4 is 10.7 Å². The SMILES string of the molecule is COC(=O)c1ccc(C(=O)NN(O)C(=O)CC(CC2CCCCC2)C(=O)N[C@@H](CC(C)C)C(=O)O)cc1. The number of carbonyl (C=O) groups is 5. The van der Waals surface area contributed by atoms with Gasteiger partial charge in [-0.25, -0.2) is 15.0 Å². The molecule has 1 aromatic carbocycles. The Morgan fingerprint density at radius 3 is 2.16 bits per heavy atom. The van der Waals surface area contributed by atoms with Gasteiger partial charge in [0.15, 0.2) is 0 Å². The topological polar surface area (TPSA) is 162 Å². The van der Waals surface area contributed by atoms with Crippen LogP contribution in [-0.2, 0) is 19.1 Å². The number of hydrogen-bond donors (Lipinski definition) is 4. The molecule has 0 saturated heterocycles. The number of carbonyl (C=O) groups excluding carboxylic acids is 4. The number of rotatable bonds is 11. The van der Waals surface area contributed by atoms with E-state index in [1.54, 1.807) is 0 Å². The van der Waals surface area contributed by atoms with Gasteiger partial charge in [0.1, 0.15) is 6.04 Å². The lowest BCUT2D eigenvalue weighted by Gasteiger charge is -2.27. The zero-order valence-corrected chi connectivity index (χ0v) is 21.6. The molecule has 1 aliphatic rings. The highest BCUT2D eigenvalue weighted by Crippen LogP contribution is 2.30. The van der Waals surface area contributed by atoms with Crippen molar-refractivity contribution in [2.75, 3.05) is 7.11 Å². The maximum atomic E-state index is 13.1. The minimum absolute atomic E-state index is 0.0321. The number of carboxylic acids is 1. The molecule has 0 aliphatic heterocycles. The van der Waals surface area contributed by atoms with Gasteiger partial charge in [0, 0.05) is 17.9 Å². The molecule has 0 heterocycles. The number of nitrogens with zero attached hydrogens (tertiary/aromatic N) is 1. The summed E-state index contributed by atoms with van der Waals surface area (Å²) in [4.78, 5) is 61.4. The first-order chi connectivity index (χ1) is 17.5. The van der Waals surface area contributed by atoms with Gasteiger partial charge in [0.25, 0.3) is 11.8 Å². The summed E-state index contributed by atoms with van der Waals surface area (Å²) in [5, 5.41) is 22.3. The predicted molar refractivity (Wildman–Crippen MR) is 132 cm³/mol. The molecular weight excluding hydrogens is 482 g/mol. The van der Waals surface area contributed by atoms with Crippen LogP contribution in [0, 0.1) is 17.8 Å².